The number of nitrogens with zero attached hydrogens (tertiary/aromatic N) is 1. The lowest BCUT2D eigenvalue weighted by molar-refractivity contribution is -0.132. The summed E-state index contributed by atoms with van der Waals surface area (Å²) in [6.07, 6.45) is 10.6. The van der Waals surface area contributed by atoms with Crippen molar-refractivity contribution in [1.82, 2.24) is 10.3 Å². The Labute approximate surface area is 240 Å². The number of carboxylic acids is 1. The fourth-order valence-corrected chi connectivity index (χ4v) is 5.84. The minimum Gasteiger partial charge on any atom is -0.489 e. The average Bonchev–Trinajstić information content (AvgIpc) is 3.41. The number of hydrogen-bond acceptors (Lipinski definition) is 5. The molecule has 40 heavy (non-hydrogen) atoms. The number of ether oxygens (including phenoxy) is 1. The lowest BCUT2D eigenvalue weighted by Gasteiger charge is -2.23. The van der Waals surface area contributed by atoms with E-state index in [9.17, 15) is 9.59 Å². The zero-order valence-corrected chi connectivity index (χ0v) is 24.1. The van der Waals surface area contributed by atoms with Crippen molar-refractivity contribution < 1.29 is 19.4 Å². The highest BCUT2D eigenvalue weighted by Crippen LogP contribution is 2.28. The first-order valence-corrected chi connectivity index (χ1v) is 14.8. The second-order valence-electron chi connectivity index (χ2n) is 10.6. The zero-order valence-electron chi connectivity index (χ0n) is 23.3. The van der Waals surface area contributed by atoms with Crippen LogP contribution in [0, 0.1) is 5.92 Å². The predicted octanol–water partition coefficient (Wildman–Crippen LogP) is 7.53. The van der Waals surface area contributed by atoms with Gasteiger partial charge in [0.25, 0.3) is 0 Å². The highest BCUT2D eigenvalue weighted by atomic mass is 32.1. The summed E-state index contributed by atoms with van der Waals surface area (Å²) in [4.78, 5) is 29.1. The van der Waals surface area contributed by atoms with Crippen molar-refractivity contribution in [3.8, 4) is 5.75 Å². The molecular formula is C33H38N2O4S. The summed E-state index contributed by atoms with van der Waals surface area (Å²) >= 11 is 1.51. The van der Waals surface area contributed by atoms with Gasteiger partial charge < -0.3 is 15.2 Å². The Balaban J connectivity index is 1.46. The van der Waals surface area contributed by atoms with Crippen molar-refractivity contribution >= 4 is 29.3 Å². The van der Waals surface area contributed by atoms with E-state index in [0.29, 0.717) is 25.4 Å². The molecule has 3 aromatic rings. The maximum atomic E-state index is 13.1. The Bertz CT molecular complexity index is 1320. The number of benzene rings is 2. The zero-order chi connectivity index (χ0) is 28.3. The number of allylic oxidation sites excluding steroid dienone is 2. The number of aliphatic carboxylic acids is 1. The normalized spacial score (nSPS) is 15.4. The topological polar surface area (TPSA) is 88.5 Å². The average molecular weight is 559 g/mol. The van der Waals surface area contributed by atoms with Gasteiger partial charge in [0.05, 0.1) is 11.7 Å². The van der Waals surface area contributed by atoms with Crippen molar-refractivity contribution in [3.63, 3.8) is 0 Å². The standard InChI is InChI=1S/C33H38N2O4S/c1-23(17-24(2)33(37)38)18-28-22-40-32(34-28)30(35-31(36)20-25-9-5-3-6-10-25)19-26-13-15-29(16-14-26)39-21-27-11-7-4-8-12-27/h4,7-8,11-18,22,25,30H,3,5-6,9-10,19-21H2,1-2H3,(H,35,36)(H,37,38)/b23-18+,24-17+/t30-/m1/s1. The van der Waals surface area contributed by atoms with Gasteiger partial charge in [-0.15, -0.1) is 11.3 Å². The first-order chi connectivity index (χ1) is 19.4. The van der Waals surface area contributed by atoms with E-state index in [-0.39, 0.29) is 17.5 Å². The number of carbonyl (C=O) groups is 2. The van der Waals surface area contributed by atoms with Crippen molar-refractivity contribution in [2.75, 3.05) is 0 Å². The molecule has 0 bridgehead atoms. The second-order valence-corrected chi connectivity index (χ2v) is 11.5. The highest BCUT2D eigenvalue weighted by Gasteiger charge is 2.22. The predicted molar refractivity (Wildman–Crippen MR) is 160 cm³/mol. The van der Waals surface area contributed by atoms with Crippen LogP contribution in [0.25, 0.3) is 6.08 Å². The molecule has 210 valence electrons. The first-order valence-electron chi connectivity index (χ1n) is 14.0. The number of rotatable bonds is 12. The molecule has 1 aromatic heterocycles. The number of carboxylic acid groups (broad SMARTS) is 1. The maximum absolute atomic E-state index is 13.1. The molecular weight excluding hydrogens is 520 g/mol. The van der Waals surface area contributed by atoms with Gasteiger partial charge in [0.1, 0.15) is 17.4 Å². The van der Waals surface area contributed by atoms with Crippen LogP contribution in [-0.4, -0.2) is 22.0 Å². The van der Waals surface area contributed by atoms with Crippen LogP contribution >= 0.6 is 11.3 Å². The van der Waals surface area contributed by atoms with Crippen LogP contribution in [0.15, 0.2) is 77.2 Å². The molecule has 1 atom stereocenters. The summed E-state index contributed by atoms with van der Waals surface area (Å²) in [7, 11) is 0. The van der Waals surface area contributed by atoms with Gasteiger partial charge in [-0.1, -0.05) is 61.7 Å². The molecule has 1 aliphatic carbocycles. The van der Waals surface area contributed by atoms with E-state index in [1.54, 1.807) is 13.0 Å². The molecule has 6 nitrogen and oxygen atoms in total. The molecule has 1 amide bonds. The summed E-state index contributed by atoms with van der Waals surface area (Å²) < 4.78 is 5.94. The van der Waals surface area contributed by atoms with E-state index in [4.69, 9.17) is 14.8 Å². The minimum absolute atomic E-state index is 0.0724. The van der Waals surface area contributed by atoms with E-state index < -0.39 is 5.97 Å². The van der Waals surface area contributed by atoms with Gasteiger partial charge in [0.15, 0.2) is 0 Å². The van der Waals surface area contributed by atoms with Crippen LogP contribution in [0.2, 0.25) is 0 Å². The van der Waals surface area contributed by atoms with Crippen molar-refractivity contribution in [1.29, 1.82) is 0 Å². The molecule has 1 saturated carbocycles. The summed E-state index contributed by atoms with van der Waals surface area (Å²) in [5.41, 5.74) is 4.03. The van der Waals surface area contributed by atoms with E-state index in [1.807, 2.05) is 73.0 Å². The summed E-state index contributed by atoms with van der Waals surface area (Å²) in [6.45, 7) is 3.94. The van der Waals surface area contributed by atoms with Gasteiger partial charge in [0.2, 0.25) is 5.91 Å². The van der Waals surface area contributed by atoms with Crippen molar-refractivity contribution in [2.24, 2.45) is 5.92 Å². The van der Waals surface area contributed by atoms with E-state index in [0.717, 1.165) is 46.0 Å². The smallest absolute Gasteiger partial charge is 0.331 e. The molecule has 7 heteroatoms. The molecule has 0 unspecified atom stereocenters. The number of hydrogen-bond donors (Lipinski definition) is 2. The minimum atomic E-state index is -0.941. The molecule has 4 rings (SSSR count). The molecule has 0 radical (unpaired) electrons. The lowest BCUT2D eigenvalue weighted by atomic mass is 9.87. The largest absolute Gasteiger partial charge is 0.489 e. The van der Waals surface area contributed by atoms with Gasteiger partial charge >= 0.3 is 5.97 Å². The molecule has 0 aliphatic heterocycles. The molecule has 2 aromatic carbocycles. The molecule has 2 N–H and O–H groups in total. The quantitative estimate of drug-likeness (QED) is 0.177. The van der Waals surface area contributed by atoms with Gasteiger partial charge in [0, 0.05) is 17.4 Å². The summed E-state index contributed by atoms with van der Waals surface area (Å²) in [5.74, 6) is 0.386. The second kappa shape index (κ2) is 14.6. The summed E-state index contributed by atoms with van der Waals surface area (Å²) in [6, 6.07) is 17.8. The number of carbonyl (C=O) groups excluding carboxylic acids is 1. The molecule has 1 aliphatic rings. The third kappa shape index (κ3) is 9.19. The van der Waals surface area contributed by atoms with Gasteiger partial charge in [-0.05, 0) is 80.0 Å². The summed E-state index contributed by atoms with van der Waals surface area (Å²) in [5, 5.41) is 15.2. The Morgan fingerprint density at radius 2 is 1.77 bits per heavy atom. The number of amides is 1. The third-order valence-corrected chi connectivity index (χ3v) is 8.12. The van der Waals surface area contributed by atoms with E-state index in [1.165, 1.54) is 30.6 Å². The Morgan fingerprint density at radius 1 is 1.05 bits per heavy atom. The van der Waals surface area contributed by atoms with E-state index >= 15 is 0 Å². The van der Waals surface area contributed by atoms with Crippen molar-refractivity contribution in [2.45, 2.75) is 71.4 Å². The number of thiazole rings is 1. The molecule has 1 fully saturated rings. The lowest BCUT2D eigenvalue weighted by Crippen LogP contribution is -2.31. The third-order valence-electron chi connectivity index (χ3n) is 7.14. The van der Waals surface area contributed by atoms with Gasteiger partial charge in [-0.25, -0.2) is 9.78 Å². The molecule has 1 heterocycles. The first kappa shape index (κ1) is 29.3. The van der Waals surface area contributed by atoms with Crippen LogP contribution in [0.5, 0.6) is 5.75 Å². The van der Waals surface area contributed by atoms with Crippen LogP contribution in [0.3, 0.4) is 0 Å². The molecule has 0 saturated heterocycles. The SMILES string of the molecule is CC(=C\c1csc([C@@H](Cc2ccc(OCc3ccccc3)cc2)NC(=O)CC2CCCCC2)n1)/C=C(\C)C(=O)O. The fraction of sp³-hybridized carbons (Fsp3) is 0.364. The Kier molecular flexibility index (Phi) is 10.7. The van der Waals surface area contributed by atoms with E-state index in [2.05, 4.69) is 5.32 Å². The number of nitrogens with one attached hydrogen (secondary N) is 1. The maximum Gasteiger partial charge on any atom is 0.331 e. The van der Waals surface area contributed by atoms with Crippen LogP contribution in [0.1, 0.15) is 80.2 Å². The van der Waals surface area contributed by atoms with Crippen LogP contribution in [0.4, 0.5) is 0 Å². The Hall–Kier alpha value is -3.71. The fourth-order valence-electron chi connectivity index (χ4n) is 5.01. The number of aromatic nitrogens is 1. The molecule has 0 spiro atoms. The highest BCUT2D eigenvalue weighted by molar-refractivity contribution is 7.09. The van der Waals surface area contributed by atoms with Crippen molar-refractivity contribution in [3.05, 3.63) is 99.0 Å². The van der Waals surface area contributed by atoms with Crippen LogP contribution in [-0.2, 0) is 22.6 Å². The van der Waals surface area contributed by atoms with Gasteiger partial charge in [-0.3, -0.25) is 4.79 Å². The van der Waals surface area contributed by atoms with Crippen LogP contribution < -0.4 is 10.1 Å². The monoisotopic (exact) mass is 558 g/mol. The Morgan fingerprint density at radius 3 is 2.48 bits per heavy atom. The van der Waals surface area contributed by atoms with Gasteiger partial charge in [-0.2, -0.15) is 0 Å².